The Bertz CT molecular complexity index is 630. The summed E-state index contributed by atoms with van der Waals surface area (Å²) in [5.41, 5.74) is 5.10. The van der Waals surface area contributed by atoms with Gasteiger partial charge in [-0.15, -0.1) is 0 Å². The Morgan fingerprint density at radius 2 is 2.05 bits per heavy atom. The zero-order valence-electron chi connectivity index (χ0n) is 9.21. The minimum absolute atomic E-state index is 0.0336. The van der Waals surface area contributed by atoms with E-state index >= 15 is 0 Å². The molecule has 0 bridgehead atoms. The van der Waals surface area contributed by atoms with Crippen molar-refractivity contribution in [1.82, 2.24) is 9.97 Å². The van der Waals surface area contributed by atoms with Gasteiger partial charge in [-0.25, -0.2) is 4.98 Å². The molecule has 1 heterocycles. The van der Waals surface area contributed by atoms with Gasteiger partial charge in [-0.2, -0.15) is 4.98 Å². The summed E-state index contributed by atoms with van der Waals surface area (Å²) >= 11 is 11.5. The van der Waals surface area contributed by atoms with Gasteiger partial charge in [0.2, 0.25) is 17.6 Å². The summed E-state index contributed by atoms with van der Waals surface area (Å²) in [7, 11) is 0. The van der Waals surface area contributed by atoms with Crippen molar-refractivity contribution in [2.75, 3.05) is 5.73 Å². The number of ether oxygens (including phenoxy) is 1. The number of nitro groups is 1. The van der Waals surface area contributed by atoms with Crippen molar-refractivity contribution in [3.63, 3.8) is 0 Å². The molecule has 0 aliphatic heterocycles. The van der Waals surface area contributed by atoms with Gasteiger partial charge in [-0.3, -0.25) is 10.1 Å². The molecule has 9 heteroatoms. The summed E-state index contributed by atoms with van der Waals surface area (Å²) in [5, 5.41) is 11.0. The molecule has 0 aliphatic carbocycles. The van der Waals surface area contributed by atoms with Crippen molar-refractivity contribution >= 4 is 34.8 Å². The van der Waals surface area contributed by atoms with Crippen LogP contribution in [0.3, 0.4) is 0 Å². The van der Waals surface area contributed by atoms with Gasteiger partial charge in [0, 0.05) is 12.1 Å². The van der Waals surface area contributed by atoms with Gasteiger partial charge >= 0.3 is 5.69 Å². The van der Waals surface area contributed by atoms with E-state index in [0.717, 1.165) is 0 Å². The van der Waals surface area contributed by atoms with E-state index in [4.69, 9.17) is 33.7 Å². The lowest BCUT2D eigenvalue weighted by Crippen LogP contribution is -1.99. The Hall–Kier alpha value is -2.12. The van der Waals surface area contributed by atoms with Crippen LogP contribution in [0.4, 0.5) is 11.6 Å². The van der Waals surface area contributed by atoms with Crippen molar-refractivity contribution in [2.45, 2.75) is 0 Å². The molecule has 7 nitrogen and oxygen atoms in total. The van der Waals surface area contributed by atoms with Crippen LogP contribution in [0.1, 0.15) is 0 Å². The quantitative estimate of drug-likeness (QED) is 0.530. The van der Waals surface area contributed by atoms with Crippen LogP contribution in [-0.2, 0) is 0 Å². The highest BCUT2D eigenvalue weighted by Gasteiger charge is 2.19. The van der Waals surface area contributed by atoms with Gasteiger partial charge < -0.3 is 10.5 Å². The lowest BCUT2D eigenvalue weighted by atomic mass is 10.3. The molecule has 0 amide bonds. The average Bonchev–Trinajstić information content (AvgIpc) is 2.30. The molecular formula is C10H6Cl2N4O3. The third-order valence-corrected chi connectivity index (χ3v) is 2.53. The lowest BCUT2D eigenvalue weighted by molar-refractivity contribution is -0.385. The number of nitrogens with two attached hydrogens (primary N) is 1. The molecule has 2 rings (SSSR count). The van der Waals surface area contributed by atoms with Gasteiger partial charge in [0.1, 0.15) is 5.15 Å². The van der Waals surface area contributed by atoms with Crippen molar-refractivity contribution in [3.05, 3.63) is 44.6 Å². The fourth-order valence-corrected chi connectivity index (χ4v) is 1.70. The second-order valence-corrected chi connectivity index (χ2v) is 4.13. The van der Waals surface area contributed by atoms with Crippen molar-refractivity contribution in [3.8, 4) is 11.6 Å². The number of hydrogen-bond acceptors (Lipinski definition) is 6. The molecule has 2 aromatic rings. The van der Waals surface area contributed by atoms with Crippen molar-refractivity contribution in [1.29, 1.82) is 0 Å². The van der Waals surface area contributed by atoms with Crippen molar-refractivity contribution < 1.29 is 9.66 Å². The van der Waals surface area contributed by atoms with Crippen LogP contribution < -0.4 is 10.5 Å². The molecule has 0 fully saturated rings. The number of nitrogen functional groups attached to an aromatic ring is 1. The zero-order valence-corrected chi connectivity index (χ0v) is 10.7. The van der Waals surface area contributed by atoms with E-state index in [1.807, 2.05) is 0 Å². The van der Waals surface area contributed by atoms with Gasteiger partial charge in [0.05, 0.1) is 9.95 Å². The van der Waals surface area contributed by atoms with Gasteiger partial charge in [-0.05, 0) is 6.07 Å². The second kappa shape index (κ2) is 5.25. The van der Waals surface area contributed by atoms with Crippen LogP contribution in [0.15, 0.2) is 24.3 Å². The Kier molecular flexibility index (Phi) is 3.68. The van der Waals surface area contributed by atoms with E-state index in [9.17, 15) is 10.1 Å². The van der Waals surface area contributed by atoms with Crippen LogP contribution in [0.25, 0.3) is 0 Å². The number of rotatable bonds is 3. The maximum atomic E-state index is 10.9. The van der Waals surface area contributed by atoms with Crippen LogP contribution in [-0.4, -0.2) is 14.9 Å². The summed E-state index contributed by atoms with van der Waals surface area (Å²) in [6, 6.07) is 5.42. The van der Waals surface area contributed by atoms with E-state index < -0.39 is 4.92 Å². The number of aromatic nitrogens is 2. The maximum Gasteiger partial charge on any atom is 0.313 e. The highest BCUT2D eigenvalue weighted by atomic mass is 35.5. The van der Waals surface area contributed by atoms with E-state index in [2.05, 4.69) is 9.97 Å². The van der Waals surface area contributed by atoms with E-state index in [1.165, 1.54) is 24.3 Å². The Morgan fingerprint density at radius 3 is 2.68 bits per heavy atom. The van der Waals surface area contributed by atoms with Gasteiger partial charge in [-0.1, -0.05) is 29.3 Å². The summed E-state index contributed by atoms with van der Waals surface area (Å²) in [4.78, 5) is 17.7. The first-order chi connectivity index (χ1) is 8.97. The number of benzene rings is 1. The molecule has 0 saturated carbocycles. The largest absolute Gasteiger partial charge is 0.430 e. The molecule has 0 spiro atoms. The third kappa shape index (κ3) is 3.01. The fraction of sp³-hybridized carbons (Fsp3) is 0. The highest BCUT2D eigenvalue weighted by molar-refractivity contribution is 6.32. The van der Waals surface area contributed by atoms with E-state index in [1.54, 1.807) is 0 Å². The predicted molar refractivity (Wildman–Crippen MR) is 69.6 cm³/mol. The molecule has 19 heavy (non-hydrogen) atoms. The Morgan fingerprint density at radius 1 is 1.32 bits per heavy atom. The van der Waals surface area contributed by atoms with E-state index in [-0.39, 0.29) is 33.4 Å². The Balaban J connectivity index is 2.45. The smallest absolute Gasteiger partial charge is 0.313 e. The first kappa shape index (κ1) is 13.3. The third-order valence-electron chi connectivity index (χ3n) is 2.04. The number of nitro benzene ring substituents is 1. The topological polar surface area (TPSA) is 104 Å². The molecule has 0 radical (unpaired) electrons. The average molecular weight is 301 g/mol. The monoisotopic (exact) mass is 300 g/mol. The molecule has 1 aromatic heterocycles. The zero-order chi connectivity index (χ0) is 14.0. The van der Waals surface area contributed by atoms with Gasteiger partial charge in [0.15, 0.2) is 0 Å². The number of para-hydroxylation sites is 1. The molecule has 1 aromatic carbocycles. The lowest BCUT2D eigenvalue weighted by Gasteiger charge is -2.07. The summed E-state index contributed by atoms with van der Waals surface area (Å²) < 4.78 is 5.27. The minimum Gasteiger partial charge on any atom is -0.430 e. The molecule has 0 saturated heterocycles. The summed E-state index contributed by atoms with van der Waals surface area (Å²) in [6.07, 6.45) is 0. The molecule has 98 valence electrons. The first-order valence-electron chi connectivity index (χ1n) is 4.88. The fourth-order valence-electron chi connectivity index (χ4n) is 1.31. The molecule has 0 unspecified atom stereocenters. The minimum atomic E-state index is -0.618. The van der Waals surface area contributed by atoms with Crippen LogP contribution in [0.5, 0.6) is 11.6 Å². The molecule has 0 aliphatic rings. The highest BCUT2D eigenvalue weighted by Crippen LogP contribution is 2.37. The standard InChI is InChI=1S/C10H6Cl2N4O3/c11-5-2-1-3-6(16(17)18)9(5)19-8-4-7(12)14-10(13)15-8/h1-4H,(H2,13,14,15). The predicted octanol–water partition coefficient (Wildman–Crippen LogP) is 3.07. The van der Waals surface area contributed by atoms with Gasteiger partial charge in [0.25, 0.3) is 0 Å². The summed E-state index contributed by atoms with van der Waals surface area (Å²) in [5.74, 6) is -0.283. The molecule has 0 atom stereocenters. The first-order valence-corrected chi connectivity index (χ1v) is 5.64. The SMILES string of the molecule is Nc1nc(Cl)cc(Oc2c(Cl)cccc2[N+](=O)[O-])n1. The van der Waals surface area contributed by atoms with Crippen LogP contribution in [0, 0.1) is 10.1 Å². The summed E-state index contributed by atoms with van der Waals surface area (Å²) in [6.45, 7) is 0. The molecular weight excluding hydrogens is 295 g/mol. The van der Waals surface area contributed by atoms with Crippen LogP contribution >= 0.6 is 23.2 Å². The molecule has 2 N–H and O–H groups in total. The number of nitrogens with zero attached hydrogens (tertiary/aromatic N) is 3. The number of hydrogen-bond donors (Lipinski definition) is 1. The second-order valence-electron chi connectivity index (χ2n) is 3.33. The number of anilines is 1. The number of halogens is 2. The Labute approximate surface area is 117 Å². The van der Waals surface area contributed by atoms with Crippen molar-refractivity contribution in [2.24, 2.45) is 0 Å². The van der Waals surface area contributed by atoms with E-state index in [0.29, 0.717) is 0 Å². The maximum absolute atomic E-state index is 10.9. The normalized spacial score (nSPS) is 10.2. The van der Waals surface area contributed by atoms with Crippen LogP contribution in [0.2, 0.25) is 10.2 Å².